The maximum atomic E-state index is 12.3. The van der Waals surface area contributed by atoms with Gasteiger partial charge < -0.3 is 9.88 Å². The number of rotatable bonds is 6. The highest BCUT2D eigenvalue weighted by molar-refractivity contribution is 14.1. The lowest BCUT2D eigenvalue weighted by Crippen LogP contribution is -2.29. The highest BCUT2D eigenvalue weighted by Gasteiger charge is 2.22. The molecule has 7 nitrogen and oxygen atoms in total. The fourth-order valence-electron chi connectivity index (χ4n) is 3.21. The van der Waals surface area contributed by atoms with Crippen LogP contribution >= 0.6 is 22.6 Å². The van der Waals surface area contributed by atoms with Crippen LogP contribution in [0.1, 0.15) is 30.0 Å². The van der Waals surface area contributed by atoms with Gasteiger partial charge in [-0.05, 0) is 42.5 Å². The summed E-state index contributed by atoms with van der Waals surface area (Å²) in [4.78, 5) is 4.30. The first-order valence-electron chi connectivity index (χ1n) is 8.58. The maximum absolute atomic E-state index is 12.3. The Morgan fingerprint density at radius 3 is 2.59 bits per heavy atom. The number of hydrogen-bond acceptors (Lipinski definition) is 4. The predicted octanol–water partition coefficient (Wildman–Crippen LogP) is 2.79. The topological polar surface area (TPSA) is 72.2 Å². The van der Waals surface area contributed by atoms with E-state index >= 15 is 0 Å². The smallest absolute Gasteiger partial charge is 0.308 e. The zero-order valence-corrected chi connectivity index (χ0v) is 19.0. The van der Waals surface area contributed by atoms with Crippen LogP contribution in [0.2, 0.25) is 0 Å². The third-order valence-electron chi connectivity index (χ3n) is 4.85. The van der Waals surface area contributed by atoms with Crippen LogP contribution in [0.15, 0.2) is 30.6 Å². The summed E-state index contributed by atoms with van der Waals surface area (Å²) in [7, 11) is 1.54. The number of para-hydroxylation sites is 1. The first kappa shape index (κ1) is 20.3. The Morgan fingerprint density at radius 2 is 1.96 bits per heavy atom. The molecule has 0 spiro atoms. The molecular formula is C18H24IN5O2S. The Kier molecular flexibility index (Phi) is 5.67. The van der Waals surface area contributed by atoms with Gasteiger partial charge in [0.15, 0.2) is 0 Å². The summed E-state index contributed by atoms with van der Waals surface area (Å²) in [5.74, 6) is 0. The second-order valence-corrected chi connectivity index (χ2v) is 9.84. The zero-order chi connectivity index (χ0) is 19.9. The Labute approximate surface area is 173 Å². The lowest BCUT2D eigenvalue weighted by atomic mass is 10.2. The van der Waals surface area contributed by atoms with E-state index in [1.165, 1.54) is 48.9 Å². The van der Waals surface area contributed by atoms with Crippen LogP contribution in [0.25, 0.3) is 10.9 Å². The number of fused-ring (bicyclic) bond motifs is 1. The van der Waals surface area contributed by atoms with Crippen molar-refractivity contribution < 1.29 is 8.42 Å². The molecule has 0 aliphatic heterocycles. The van der Waals surface area contributed by atoms with E-state index in [9.17, 15) is 8.42 Å². The molecule has 9 heteroatoms. The standard InChI is InChI=1S/C18H24IN5O2S/c1-12(18-17(19)14-8-6-7-9-16(14)23(18)5)20-10-15-13(2)24(11-21-15)27(25,26)22(3)4/h6-9,11-12,20H,10H2,1-5H3. The van der Waals surface area contributed by atoms with Gasteiger partial charge in [0.05, 0.1) is 11.4 Å². The van der Waals surface area contributed by atoms with Gasteiger partial charge in [-0.15, -0.1) is 0 Å². The Morgan fingerprint density at radius 1 is 1.30 bits per heavy atom. The molecule has 0 fully saturated rings. The van der Waals surface area contributed by atoms with E-state index in [4.69, 9.17) is 0 Å². The Hall–Kier alpha value is -1.43. The largest absolute Gasteiger partial charge is 0.345 e. The van der Waals surface area contributed by atoms with Gasteiger partial charge in [0.2, 0.25) is 0 Å². The molecule has 1 atom stereocenters. The molecule has 1 unspecified atom stereocenters. The lowest BCUT2D eigenvalue weighted by molar-refractivity contribution is 0.509. The van der Waals surface area contributed by atoms with Crippen LogP contribution in [0.4, 0.5) is 0 Å². The van der Waals surface area contributed by atoms with Crippen molar-refractivity contribution in [2.45, 2.75) is 26.4 Å². The second-order valence-electron chi connectivity index (χ2n) is 6.74. The number of benzene rings is 1. The minimum Gasteiger partial charge on any atom is -0.345 e. The molecule has 0 radical (unpaired) electrons. The molecule has 0 saturated carbocycles. The molecular weight excluding hydrogens is 477 g/mol. The van der Waals surface area contributed by atoms with Crippen molar-refractivity contribution in [3.8, 4) is 0 Å². The molecule has 3 aromatic rings. The number of aryl methyl sites for hydroxylation is 1. The van der Waals surface area contributed by atoms with Crippen LogP contribution in [0, 0.1) is 10.5 Å². The number of hydrogen-bond donors (Lipinski definition) is 1. The predicted molar refractivity (Wildman–Crippen MR) is 116 cm³/mol. The van der Waals surface area contributed by atoms with E-state index < -0.39 is 10.2 Å². The first-order chi connectivity index (χ1) is 12.7. The molecule has 0 bridgehead atoms. The SMILES string of the molecule is Cc1c(CNC(C)c2c(I)c3ccccc3n2C)ncn1S(=O)(=O)N(C)C. The number of nitrogens with zero attached hydrogens (tertiary/aromatic N) is 4. The second kappa shape index (κ2) is 7.53. The normalized spacial score (nSPS) is 13.6. The van der Waals surface area contributed by atoms with Crippen LogP contribution < -0.4 is 5.32 Å². The number of nitrogens with one attached hydrogen (secondary N) is 1. The van der Waals surface area contributed by atoms with E-state index in [0.29, 0.717) is 12.2 Å². The molecule has 2 heterocycles. The average molecular weight is 501 g/mol. The van der Waals surface area contributed by atoms with Gasteiger partial charge in [-0.3, -0.25) is 0 Å². The molecule has 0 saturated heterocycles. The van der Waals surface area contributed by atoms with Crippen LogP contribution in [0.5, 0.6) is 0 Å². The van der Waals surface area contributed by atoms with Crippen molar-refractivity contribution in [3.05, 3.63) is 51.2 Å². The summed E-state index contributed by atoms with van der Waals surface area (Å²) in [6.45, 7) is 4.37. The molecule has 0 aliphatic rings. The van der Waals surface area contributed by atoms with Gasteiger partial charge in [-0.25, -0.2) is 8.96 Å². The molecule has 27 heavy (non-hydrogen) atoms. The third kappa shape index (κ3) is 3.53. The Balaban J connectivity index is 1.84. The third-order valence-corrected chi connectivity index (χ3v) is 7.77. The van der Waals surface area contributed by atoms with Crippen molar-refractivity contribution in [1.29, 1.82) is 0 Å². The summed E-state index contributed by atoms with van der Waals surface area (Å²) in [6.07, 6.45) is 1.37. The highest BCUT2D eigenvalue weighted by atomic mass is 127. The average Bonchev–Trinajstić information content (AvgIpc) is 3.12. The molecule has 1 N–H and O–H groups in total. The highest BCUT2D eigenvalue weighted by Crippen LogP contribution is 2.30. The van der Waals surface area contributed by atoms with Crippen molar-refractivity contribution >= 4 is 43.7 Å². The molecule has 2 aromatic heterocycles. The molecule has 146 valence electrons. The van der Waals surface area contributed by atoms with Gasteiger partial charge in [0.1, 0.15) is 6.33 Å². The quantitative estimate of drug-likeness (QED) is 0.528. The van der Waals surface area contributed by atoms with Crippen LogP contribution in [0.3, 0.4) is 0 Å². The summed E-state index contributed by atoms with van der Waals surface area (Å²) in [6, 6.07) is 8.43. The van der Waals surface area contributed by atoms with Crippen molar-refractivity contribution in [2.75, 3.05) is 14.1 Å². The number of halogens is 1. The number of aromatic nitrogens is 3. The molecule has 0 amide bonds. The number of imidazole rings is 1. The molecule has 0 aliphatic carbocycles. The van der Waals surface area contributed by atoms with Crippen molar-refractivity contribution in [1.82, 2.24) is 23.1 Å². The first-order valence-corrected chi connectivity index (χ1v) is 11.1. The Bertz CT molecular complexity index is 1050. The van der Waals surface area contributed by atoms with Crippen LogP contribution in [-0.4, -0.2) is 40.3 Å². The fraction of sp³-hybridized carbons (Fsp3) is 0.389. The van der Waals surface area contributed by atoms with Crippen molar-refractivity contribution in [2.24, 2.45) is 7.05 Å². The minimum atomic E-state index is -3.55. The van der Waals surface area contributed by atoms with Gasteiger partial charge in [-0.2, -0.15) is 12.7 Å². The van der Waals surface area contributed by atoms with E-state index in [1.807, 2.05) is 12.1 Å². The van der Waals surface area contributed by atoms with Gasteiger partial charge in [0, 0.05) is 53.9 Å². The zero-order valence-electron chi connectivity index (χ0n) is 16.1. The van der Waals surface area contributed by atoms with Gasteiger partial charge in [-0.1, -0.05) is 18.2 Å². The van der Waals surface area contributed by atoms with Gasteiger partial charge >= 0.3 is 10.2 Å². The van der Waals surface area contributed by atoms with E-state index in [-0.39, 0.29) is 6.04 Å². The maximum Gasteiger partial charge on any atom is 0.308 e. The molecule has 1 aromatic carbocycles. The summed E-state index contributed by atoms with van der Waals surface area (Å²) >= 11 is 2.39. The summed E-state index contributed by atoms with van der Waals surface area (Å²) in [5, 5.41) is 4.72. The lowest BCUT2D eigenvalue weighted by Gasteiger charge is -2.16. The monoisotopic (exact) mass is 501 g/mol. The van der Waals surface area contributed by atoms with E-state index in [1.54, 1.807) is 6.92 Å². The van der Waals surface area contributed by atoms with Crippen molar-refractivity contribution in [3.63, 3.8) is 0 Å². The molecule has 3 rings (SSSR count). The van der Waals surface area contributed by atoms with E-state index in [2.05, 4.69) is 63.6 Å². The minimum absolute atomic E-state index is 0.0873. The van der Waals surface area contributed by atoms with E-state index in [0.717, 1.165) is 5.69 Å². The summed E-state index contributed by atoms with van der Waals surface area (Å²) < 4.78 is 30.5. The fourth-order valence-corrected chi connectivity index (χ4v) is 5.46. The summed E-state index contributed by atoms with van der Waals surface area (Å²) in [5.41, 5.74) is 3.74. The van der Waals surface area contributed by atoms with Gasteiger partial charge in [0.25, 0.3) is 0 Å². The van der Waals surface area contributed by atoms with Crippen LogP contribution in [-0.2, 0) is 23.8 Å².